The fourth-order valence-corrected chi connectivity index (χ4v) is 11.0. The molecule has 0 heterocycles. The second-order valence-electron chi connectivity index (χ2n) is 24.6. The van der Waals surface area contributed by atoms with Crippen LogP contribution in [-0.2, 0) is 32.5 Å². The molecular weight excluding hydrogens is 745 g/mol. The maximum atomic E-state index is 2.52. The van der Waals surface area contributed by atoms with E-state index in [1.54, 1.807) is 0 Å². The second-order valence-corrected chi connectivity index (χ2v) is 24.6. The Morgan fingerprint density at radius 1 is 0.290 bits per heavy atom. The number of hydrogen-bond donors (Lipinski definition) is 0. The summed E-state index contributed by atoms with van der Waals surface area (Å²) in [5.74, 6) is 0. The van der Waals surface area contributed by atoms with Gasteiger partial charge >= 0.3 is 0 Å². The van der Waals surface area contributed by atoms with Crippen LogP contribution in [0.5, 0.6) is 0 Å². The van der Waals surface area contributed by atoms with Gasteiger partial charge in [-0.1, -0.05) is 184 Å². The summed E-state index contributed by atoms with van der Waals surface area (Å²) in [5, 5.41) is 0. The third-order valence-electron chi connectivity index (χ3n) is 14.9. The number of rotatable bonds is 3. The number of hydrogen-bond acceptors (Lipinski definition) is 0. The van der Waals surface area contributed by atoms with Gasteiger partial charge in [0.05, 0.1) is 0 Å². The van der Waals surface area contributed by atoms with Crippen LogP contribution in [-0.4, -0.2) is 0 Å². The third-order valence-corrected chi connectivity index (χ3v) is 14.9. The van der Waals surface area contributed by atoms with E-state index in [9.17, 15) is 0 Å². The van der Waals surface area contributed by atoms with Gasteiger partial charge in [0.25, 0.3) is 0 Å². The second kappa shape index (κ2) is 13.9. The van der Waals surface area contributed by atoms with Crippen molar-refractivity contribution in [2.24, 2.45) is 0 Å². The molecule has 0 nitrogen and oxygen atoms in total. The molecule has 6 aromatic carbocycles. The van der Waals surface area contributed by atoms with Gasteiger partial charge in [0.2, 0.25) is 0 Å². The van der Waals surface area contributed by atoms with Gasteiger partial charge in [-0.3, -0.25) is 0 Å². The summed E-state index contributed by atoms with van der Waals surface area (Å²) in [5.41, 5.74) is 30.4. The van der Waals surface area contributed by atoms with E-state index < -0.39 is 0 Å². The molecule has 0 bridgehead atoms. The Morgan fingerprint density at radius 3 is 0.839 bits per heavy atom. The first-order valence-electron chi connectivity index (χ1n) is 23.3. The van der Waals surface area contributed by atoms with Crippen molar-refractivity contribution in [1.82, 2.24) is 0 Å². The van der Waals surface area contributed by atoms with Gasteiger partial charge in [0.15, 0.2) is 0 Å². The molecule has 322 valence electrons. The Kier molecular flexibility index (Phi) is 9.86. The van der Waals surface area contributed by atoms with Crippen molar-refractivity contribution in [2.45, 2.75) is 171 Å². The van der Waals surface area contributed by atoms with Crippen LogP contribution >= 0.6 is 0 Å². The van der Waals surface area contributed by atoms with Gasteiger partial charge in [-0.05, 0) is 184 Å². The molecule has 0 aromatic heterocycles. The predicted molar refractivity (Wildman–Crippen MR) is 272 cm³/mol. The molecule has 6 aromatic rings. The molecule has 0 saturated carbocycles. The van der Waals surface area contributed by atoms with Crippen molar-refractivity contribution in [3.63, 3.8) is 0 Å². The van der Waals surface area contributed by atoms with E-state index in [2.05, 4.69) is 223 Å². The number of aryl methyl sites for hydroxylation is 4. The summed E-state index contributed by atoms with van der Waals surface area (Å²) in [6.07, 6.45) is 0. The van der Waals surface area contributed by atoms with Crippen LogP contribution in [0.25, 0.3) is 55.6 Å². The molecule has 0 spiro atoms. The minimum atomic E-state index is -0.0970. The molecule has 62 heavy (non-hydrogen) atoms. The first-order valence-corrected chi connectivity index (χ1v) is 23.3. The molecule has 0 heteroatoms. The maximum Gasteiger partial charge on any atom is 0.0159 e. The van der Waals surface area contributed by atoms with Gasteiger partial charge in [-0.2, -0.15) is 0 Å². The Labute approximate surface area is 376 Å². The number of benzene rings is 6. The molecule has 2 aliphatic rings. The van der Waals surface area contributed by atoms with Crippen LogP contribution in [0, 0.1) is 27.7 Å². The molecule has 0 N–H and O–H groups in total. The lowest BCUT2D eigenvalue weighted by Gasteiger charge is -2.28. The van der Waals surface area contributed by atoms with E-state index in [1.165, 1.54) is 122 Å². The normalized spacial score (nSPS) is 15.4. The zero-order valence-electron chi connectivity index (χ0n) is 42.1. The lowest BCUT2D eigenvalue weighted by Crippen LogP contribution is -2.19. The minimum Gasteiger partial charge on any atom is -0.0579 e. The number of fused-ring (bicyclic) bond motifs is 6. The molecule has 0 fully saturated rings. The van der Waals surface area contributed by atoms with E-state index in [4.69, 9.17) is 0 Å². The van der Waals surface area contributed by atoms with Gasteiger partial charge in [-0.15, -0.1) is 0 Å². The highest BCUT2D eigenvalue weighted by Gasteiger charge is 2.41. The van der Waals surface area contributed by atoms with Gasteiger partial charge < -0.3 is 0 Å². The van der Waals surface area contributed by atoms with Crippen LogP contribution < -0.4 is 0 Å². The molecular formula is C62H74. The monoisotopic (exact) mass is 819 g/mol. The van der Waals surface area contributed by atoms with Crippen LogP contribution in [0.15, 0.2) is 84.9 Å². The first-order chi connectivity index (χ1) is 28.4. The zero-order valence-corrected chi connectivity index (χ0v) is 42.1. The van der Waals surface area contributed by atoms with Gasteiger partial charge in [-0.25, -0.2) is 0 Å². The molecule has 0 amide bonds. The van der Waals surface area contributed by atoms with Crippen LogP contribution in [0.3, 0.4) is 0 Å². The molecule has 0 saturated heterocycles. The highest BCUT2D eigenvalue weighted by molar-refractivity contribution is 5.97. The van der Waals surface area contributed by atoms with E-state index >= 15 is 0 Å². The average Bonchev–Trinajstić information content (AvgIpc) is 3.51. The summed E-state index contributed by atoms with van der Waals surface area (Å²) in [7, 11) is 0. The molecule has 0 radical (unpaired) electrons. The van der Waals surface area contributed by atoms with E-state index in [1.807, 2.05) is 0 Å². The standard InChI is InChI=1S/C62H74/c1-35-25-39(26-36(2)53(35)47-29-43(59(11,12)13)33-51-55(47)45-23-21-41(57(5,6)7)31-49(45)61(51,17)18)40-27-37(3)54(38(4)28-40)48-30-44(60(14,15)16)34-52-56(48)46-24-22-42(58(8,9)10)32-50(46)62(52,19)20/h21-34H,1-20H3. The van der Waals surface area contributed by atoms with E-state index in [0.717, 1.165) is 0 Å². The molecule has 8 rings (SSSR count). The van der Waals surface area contributed by atoms with Crippen molar-refractivity contribution in [3.8, 4) is 55.6 Å². The molecule has 0 atom stereocenters. The Balaban J connectivity index is 1.29. The predicted octanol–water partition coefficient (Wildman–Crippen LogP) is 17.7. The Bertz CT molecular complexity index is 2590. The molecule has 0 aliphatic heterocycles. The largest absolute Gasteiger partial charge is 0.0579 e. The van der Waals surface area contributed by atoms with E-state index in [0.29, 0.717) is 0 Å². The minimum absolute atomic E-state index is 0.0173. The molecule has 0 unspecified atom stereocenters. The lowest BCUT2D eigenvalue weighted by atomic mass is 9.76. The summed E-state index contributed by atoms with van der Waals surface area (Å²) in [4.78, 5) is 0. The SMILES string of the molecule is Cc1cc(-c2cc(C)c(-c3cc(C(C)(C)C)cc4c3-c3ccc(C(C)(C)C)cc3C4(C)C)c(C)c2)cc(C)c1-c1cc(C(C)(C)C)cc2c1-c1ccc(C(C)(C)C)cc1C2(C)C. The fourth-order valence-electron chi connectivity index (χ4n) is 11.0. The van der Waals surface area contributed by atoms with Crippen LogP contribution in [0.4, 0.5) is 0 Å². The summed E-state index contributed by atoms with van der Waals surface area (Å²) in [6.45, 7) is 47.2. The van der Waals surface area contributed by atoms with Gasteiger partial charge in [0, 0.05) is 10.8 Å². The topological polar surface area (TPSA) is 0 Å². The van der Waals surface area contributed by atoms with Crippen LogP contribution in [0.2, 0.25) is 0 Å². The average molecular weight is 819 g/mol. The summed E-state index contributed by atoms with van der Waals surface area (Å²) in [6, 6.07) is 34.5. The third kappa shape index (κ3) is 6.94. The maximum absolute atomic E-state index is 2.52. The zero-order chi connectivity index (χ0) is 45.6. The Hall–Kier alpha value is -4.68. The summed E-state index contributed by atoms with van der Waals surface area (Å²) < 4.78 is 0. The van der Waals surface area contributed by atoms with Crippen molar-refractivity contribution >= 4 is 0 Å². The quantitative estimate of drug-likeness (QED) is 0.167. The summed E-state index contributed by atoms with van der Waals surface area (Å²) >= 11 is 0. The highest BCUT2D eigenvalue weighted by Crippen LogP contribution is 2.57. The smallest absolute Gasteiger partial charge is 0.0159 e. The lowest BCUT2D eigenvalue weighted by molar-refractivity contribution is 0.579. The fraction of sp³-hybridized carbons (Fsp3) is 0.419. The van der Waals surface area contributed by atoms with Crippen molar-refractivity contribution in [1.29, 1.82) is 0 Å². The van der Waals surface area contributed by atoms with Crippen molar-refractivity contribution in [3.05, 3.63) is 152 Å². The highest BCUT2D eigenvalue weighted by atomic mass is 14.4. The van der Waals surface area contributed by atoms with Gasteiger partial charge in [0.1, 0.15) is 0 Å². The van der Waals surface area contributed by atoms with E-state index in [-0.39, 0.29) is 32.5 Å². The molecule has 2 aliphatic carbocycles. The van der Waals surface area contributed by atoms with Crippen molar-refractivity contribution in [2.75, 3.05) is 0 Å². The van der Waals surface area contributed by atoms with Crippen molar-refractivity contribution < 1.29 is 0 Å². The first kappa shape index (κ1) is 43.9. The Morgan fingerprint density at radius 2 is 0.565 bits per heavy atom. The van der Waals surface area contributed by atoms with Crippen LogP contribution in [0.1, 0.15) is 178 Å².